The lowest BCUT2D eigenvalue weighted by Crippen LogP contribution is -2.27. The normalized spacial score (nSPS) is 14.5. The van der Waals surface area contributed by atoms with Crippen molar-refractivity contribution in [2.24, 2.45) is 0 Å². The van der Waals surface area contributed by atoms with Gasteiger partial charge in [0.2, 0.25) is 5.91 Å². The predicted molar refractivity (Wildman–Crippen MR) is 86.4 cm³/mol. The van der Waals surface area contributed by atoms with Crippen LogP contribution in [0.4, 0.5) is 24.5 Å². The Balaban J connectivity index is 2.29. The molecule has 1 heterocycles. The van der Waals surface area contributed by atoms with Crippen molar-refractivity contribution in [2.75, 3.05) is 23.0 Å². The average molecular weight is 362 g/mol. The summed E-state index contributed by atoms with van der Waals surface area (Å²) >= 11 is 1.36. The Kier molecular flexibility index (Phi) is 5.03. The summed E-state index contributed by atoms with van der Waals surface area (Å²) < 4.78 is 44.0. The summed E-state index contributed by atoms with van der Waals surface area (Å²) in [6.45, 7) is 5.46. The van der Waals surface area contributed by atoms with E-state index in [1.807, 2.05) is 20.8 Å². The number of carbonyl (C=O) groups excluding carboxylic acids is 2. The summed E-state index contributed by atoms with van der Waals surface area (Å²) in [6, 6.07) is 1.59. The zero-order valence-corrected chi connectivity index (χ0v) is 14.2. The van der Waals surface area contributed by atoms with Gasteiger partial charge in [-0.05, 0) is 12.1 Å². The van der Waals surface area contributed by atoms with E-state index in [0.717, 1.165) is 12.1 Å². The van der Waals surface area contributed by atoms with E-state index in [9.17, 15) is 22.8 Å². The lowest BCUT2D eigenvalue weighted by molar-refractivity contribution is -0.137. The number of rotatable bonds is 3. The first-order valence-corrected chi connectivity index (χ1v) is 8.06. The summed E-state index contributed by atoms with van der Waals surface area (Å²) in [5, 5.41) is 4.76. The van der Waals surface area contributed by atoms with Gasteiger partial charge in [-0.3, -0.25) is 9.59 Å². The predicted octanol–water partition coefficient (Wildman–Crippen LogP) is 3.51. The highest BCUT2D eigenvalue weighted by atomic mass is 32.2. The molecule has 132 valence electrons. The van der Waals surface area contributed by atoms with Crippen LogP contribution in [0.5, 0.6) is 5.75 Å². The van der Waals surface area contributed by atoms with E-state index in [1.54, 1.807) is 0 Å². The molecule has 0 saturated heterocycles. The number of halogens is 3. The van der Waals surface area contributed by atoms with Crippen LogP contribution in [0.3, 0.4) is 0 Å². The fraction of sp³-hybridized carbons (Fsp3) is 0.467. The lowest BCUT2D eigenvalue weighted by Gasteiger charge is -2.23. The molecule has 2 N–H and O–H groups in total. The van der Waals surface area contributed by atoms with Crippen LogP contribution in [0.15, 0.2) is 12.1 Å². The molecule has 2 amide bonds. The van der Waals surface area contributed by atoms with Crippen molar-refractivity contribution in [1.29, 1.82) is 0 Å². The number of carbonyl (C=O) groups is 2. The first kappa shape index (κ1) is 18.4. The van der Waals surface area contributed by atoms with E-state index in [1.165, 1.54) is 11.8 Å². The van der Waals surface area contributed by atoms with Crippen molar-refractivity contribution in [3.05, 3.63) is 17.7 Å². The summed E-state index contributed by atoms with van der Waals surface area (Å²) in [7, 11) is 0. The van der Waals surface area contributed by atoms with Crippen LogP contribution in [-0.4, -0.2) is 28.9 Å². The quantitative estimate of drug-likeness (QED) is 0.864. The molecule has 0 radical (unpaired) electrons. The maximum Gasteiger partial charge on any atom is 0.416 e. The average Bonchev–Trinajstić information content (AvgIpc) is 2.42. The third kappa shape index (κ3) is 4.80. The highest BCUT2D eigenvalue weighted by molar-refractivity contribution is 8.01. The smallest absolute Gasteiger partial charge is 0.416 e. The highest BCUT2D eigenvalue weighted by Gasteiger charge is 2.34. The van der Waals surface area contributed by atoms with Gasteiger partial charge in [0.25, 0.3) is 5.91 Å². The van der Waals surface area contributed by atoms with Gasteiger partial charge in [0.05, 0.1) is 22.7 Å². The van der Waals surface area contributed by atoms with E-state index >= 15 is 0 Å². The number of alkyl halides is 3. The van der Waals surface area contributed by atoms with Gasteiger partial charge in [-0.25, -0.2) is 0 Å². The van der Waals surface area contributed by atoms with Crippen molar-refractivity contribution in [3.63, 3.8) is 0 Å². The van der Waals surface area contributed by atoms with Gasteiger partial charge in [-0.15, -0.1) is 11.8 Å². The van der Waals surface area contributed by atoms with Crippen LogP contribution in [0.25, 0.3) is 0 Å². The Bertz CT molecular complexity index is 669. The second-order valence-corrected chi connectivity index (χ2v) is 7.99. The van der Waals surface area contributed by atoms with Gasteiger partial charge < -0.3 is 15.4 Å². The number of thioether (sulfide) groups is 1. The summed E-state index contributed by atoms with van der Waals surface area (Å²) in [5.74, 6) is -0.892. The molecular weight excluding hydrogens is 345 g/mol. The number of anilines is 2. The van der Waals surface area contributed by atoms with Crippen molar-refractivity contribution in [3.8, 4) is 5.75 Å². The van der Waals surface area contributed by atoms with Crippen molar-refractivity contribution in [1.82, 2.24) is 0 Å². The minimum atomic E-state index is -4.61. The molecule has 24 heavy (non-hydrogen) atoms. The first-order chi connectivity index (χ1) is 11.0. The Hall–Kier alpha value is -1.90. The first-order valence-electron chi connectivity index (χ1n) is 7.07. The fourth-order valence-corrected chi connectivity index (χ4v) is 2.56. The maximum atomic E-state index is 13.0. The molecule has 1 aromatic rings. The molecule has 5 nitrogen and oxygen atoms in total. The molecule has 1 aliphatic rings. The van der Waals surface area contributed by atoms with Crippen LogP contribution >= 0.6 is 11.8 Å². The summed E-state index contributed by atoms with van der Waals surface area (Å²) in [4.78, 5) is 23.3. The minimum absolute atomic E-state index is 0.0247. The van der Waals surface area contributed by atoms with Gasteiger partial charge in [0.15, 0.2) is 12.4 Å². The molecule has 0 fully saturated rings. The molecule has 0 saturated carbocycles. The van der Waals surface area contributed by atoms with Crippen LogP contribution in [0.2, 0.25) is 0 Å². The van der Waals surface area contributed by atoms with Crippen LogP contribution in [0, 0.1) is 0 Å². The third-order valence-electron chi connectivity index (χ3n) is 2.95. The molecule has 1 aromatic carbocycles. The van der Waals surface area contributed by atoms with Crippen LogP contribution in [0.1, 0.15) is 26.3 Å². The fourth-order valence-electron chi connectivity index (χ4n) is 1.93. The van der Waals surface area contributed by atoms with E-state index < -0.39 is 23.6 Å². The van der Waals surface area contributed by atoms with Crippen molar-refractivity contribution >= 4 is 35.0 Å². The molecular formula is C15H17F3N2O3S. The van der Waals surface area contributed by atoms with Crippen LogP contribution in [-0.2, 0) is 15.8 Å². The van der Waals surface area contributed by atoms with Gasteiger partial charge in [-0.2, -0.15) is 13.2 Å². The molecule has 0 aromatic heterocycles. The summed E-state index contributed by atoms with van der Waals surface area (Å²) in [5.41, 5.74) is -1.20. The molecule has 0 spiro atoms. The standard InChI is InChI=1S/C15H17F3N2O3S/c1-14(2,3)24-7-12(22)20-10-5-8(15(16,17)18)4-9-13(10)23-6-11(21)19-9/h4-5H,6-7H2,1-3H3,(H,19,21)(H,20,22). The topological polar surface area (TPSA) is 67.4 Å². The van der Waals surface area contributed by atoms with Gasteiger partial charge in [0, 0.05) is 4.75 Å². The molecule has 1 aliphatic heterocycles. The third-order valence-corrected chi connectivity index (χ3v) is 4.22. The number of amides is 2. The molecule has 0 bridgehead atoms. The van der Waals surface area contributed by atoms with Gasteiger partial charge in [0.1, 0.15) is 0 Å². The Morgan fingerprint density at radius 3 is 2.58 bits per heavy atom. The molecule has 0 atom stereocenters. The molecule has 0 aliphatic carbocycles. The van der Waals surface area contributed by atoms with E-state index in [-0.39, 0.29) is 34.2 Å². The minimum Gasteiger partial charge on any atom is -0.479 e. The van der Waals surface area contributed by atoms with E-state index in [4.69, 9.17) is 4.74 Å². The SMILES string of the molecule is CC(C)(C)SCC(=O)Nc1cc(C(F)(F)F)cc2c1OCC(=O)N2. The molecule has 2 rings (SSSR count). The zero-order valence-electron chi connectivity index (χ0n) is 13.3. The van der Waals surface area contributed by atoms with E-state index in [0.29, 0.717) is 0 Å². The second-order valence-electron chi connectivity index (χ2n) is 6.18. The molecule has 9 heteroatoms. The molecule has 0 unspecified atom stereocenters. The zero-order chi connectivity index (χ0) is 18.1. The number of ether oxygens (including phenoxy) is 1. The van der Waals surface area contributed by atoms with Gasteiger partial charge >= 0.3 is 6.18 Å². The van der Waals surface area contributed by atoms with E-state index in [2.05, 4.69) is 10.6 Å². The Morgan fingerprint density at radius 2 is 2.00 bits per heavy atom. The maximum absolute atomic E-state index is 13.0. The number of benzene rings is 1. The Labute approximate surface area is 141 Å². The number of hydrogen-bond donors (Lipinski definition) is 2. The van der Waals surface area contributed by atoms with Crippen molar-refractivity contribution in [2.45, 2.75) is 31.7 Å². The van der Waals surface area contributed by atoms with Gasteiger partial charge in [-0.1, -0.05) is 20.8 Å². The second kappa shape index (κ2) is 6.54. The largest absolute Gasteiger partial charge is 0.479 e. The number of fused-ring (bicyclic) bond motifs is 1. The highest BCUT2D eigenvalue weighted by Crippen LogP contribution is 2.42. The van der Waals surface area contributed by atoms with Crippen LogP contribution < -0.4 is 15.4 Å². The number of hydrogen-bond acceptors (Lipinski definition) is 4. The monoisotopic (exact) mass is 362 g/mol. The number of nitrogens with one attached hydrogen (secondary N) is 2. The summed E-state index contributed by atoms with van der Waals surface area (Å²) in [6.07, 6.45) is -4.61. The lowest BCUT2D eigenvalue weighted by atomic mass is 10.1. The van der Waals surface area contributed by atoms with Crippen molar-refractivity contribution < 1.29 is 27.5 Å². The Morgan fingerprint density at radius 1 is 1.33 bits per heavy atom.